The Morgan fingerprint density at radius 1 is 1.41 bits per heavy atom. The molecule has 0 aliphatic heterocycles. The molecular formula is C13H19ClN2O. The molecule has 0 radical (unpaired) electrons. The lowest BCUT2D eigenvalue weighted by Gasteiger charge is -2.15. The first-order chi connectivity index (χ1) is 8.24. The molecule has 0 spiro atoms. The Kier molecular flexibility index (Phi) is 4.35. The first kappa shape index (κ1) is 12.8. The maximum absolute atomic E-state index is 6.06. The van der Waals surface area contributed by atoms with Crippen molar-refractivity contribution in [2.45, 2.75) is 51.6 Å². The number of aromatic nitrogens is 2. The summed E-state index contributed by atoms with van der Waals surface area (Å²) >= 11 is 6.06. The number of ether oxygens (including phenoxy) is 1. The molecule has 1 aliphatic rings. The Morgan fingerprint density at radius 3 is 2.76 bits per heavy atom. The second-order valence-corrected chi connectivity index (χ2v) is 4.87. The molecule has 1 aromatic rings. The van der Waals surface area contributed by atoms with Crippen molar-refractivity contribution in [2.24, 2.45) is 0 Å². The minimum Gasteiger partial charge on any atom is -0.371 e. The smallest absolute Gasteiger partial charge is 0.159 e. The van der Waals surface area contributed by atoms with Gasteiger partial charge in [0.05, 0.1) is 0 Å². The van der Waals surface area contributed by atoms with E-state index in [1.165, 1.54) is 12.8 Å². The predicted molar refractivity (Wildman–Crippen MR) is 68.3 cm³/mol. The molecule has 1 saturated carbocycles. The van der Waals surface area contributed by atoms with Crippen LogP contribution in [0.15, 0.2) is 6.07 Å². The van der Waals surface area contributed by atoms with Gasteiger partial charge in [0.2, 0.25) is 0 Å². The van der Waals surface area contributed by atoms with Crippen LogP contribution in [-0.2, 0) is 4.74 Å². The molecule has 0 bridgehead atoms. The molecule has 1 aliphatic carbocycles. The number of hydrogen-bond donors (Lipinski definition) is 0. The fraction of sp³-hybridized carbons (Fsp3) is 0.692. The minimum absolute atomic E-state index is 0.0128. The van der Waals surface area contributed by atoms with Crippen molar-refractivity contribution >= 4 is 11.6 Å². The van der Waals surface area contributed by atoms with Gasteiger partial charge in [-0.3, -0.25) is 0 Å². The Morgan fingerprint density at radius 2 is 2.18 bits per heavy atom. The fourth-order valence-corrected chi connectivity index (χ4v) is 2.13. The van der Waals surface area contributed by atoms with Gasteiger partial charge in [0.15, 0.2) is 5.82 Å². The van der Waals surface area contributed by atoms with E-state index in [1.807, 2.05) is 13.0 Å². The van der Waals surface area contributed by atoms with Crippen LogP contribution in [0.1, 0.15) is 63.1 Å². The van der Waals surface area contributed by atoms with E-state index in [0.717, 1.165) is 24.4 Å². The fourth-order valence-electron chi connectivity index (χ4n) is 1.94. The highest BCUT2D eigenvalue weighted by Crippen LogP contribution is 2.40. The van der Waals surface area contributed by atoms with Gasteiger partial charge in [-0.2, -0.15) is 0 Å². The molecule has 1 atom stereocenters. The lowest BCUT2D eigenvalue weighted by molar-refractivity contribution is 0.0492. The van der Waals surface area contributed by atoms with Gasteiger partial charge in [0.25, 0.3) is 0 Å². The average Bonchev–Trinajstić information content (AvgIpc) is 3.12. The number of halogens is 1. The van der Waals surface area contributed by atoms with Crippen molar-refractivity contribution in [3.05, 3.63) is 22.7 Å². The van der Waals surface area contributed by atoms with E-state index in [9.17, 15) is 0 Å². The van der Waals surface area contributed by atoms with Crippen molar-refractivity contribution in [1.29, 1.82) is 0 Å². The lowest BCUT2D eigenvalue weighted by atomic mass is 10.2. The Hall–Kier alpha value is -0.670. The summed E-state index contributed by atoms with van der Waals surface area (Å²) in [5, 5.41) is 0.540. The summed E-state index contributed by atoms with van der Waals surface area (Å²) in [7, 11) is 0. The molecule has 0 amide bonds. The summed E-state index contributed by atoms with van der Waals surface area (Å²) in [6.07, 6.45) is 4.43. The molecule has 2 rings (SSSR count). The van der Waals surface area contributed by atoms with E-state index >= 15 is 0 Å². The second kappa shape index (κ2) is 5.78. The largest absolute Gasteiger partial charge is 0.371 e. The van der Waals surface area contributed by atoms with E-state index < -0.39 is 0 Å². The molecule has 1 heterocycles. The van der Waals surface area contributed by atoms with Gasteiger partial charge in [-0.05, 0) is 32.3 Å². The van der Waals surface area contributed by atoms with Gasteiger partial charge in [-0.1, -0.05) is 24.9 Å². The molecule has 3 nitrogen and oxygen atoms in total. The van der Waals surface area contributed by atoms with Crippen molar-refractivity contribution < 1.29 is 4.74 Å². The van der Waals surface area contributed by atoms with Gasteiger partial charge in [-0.15, -0.1) is 0 Å². The predicted octanol–water partition coefficient (Wildman–Crippen LogP) is 3.89. The third kappa shape index (κ3) is 3.39. The maximum atomic E-state index is 6.06. The third-order valence-electron chi connectivity index (χ3n) is 2.93. The molecule has 4 heteroatoms. The van der Waals surface area contributed by atoms with Crippen LogP contribution < -0.4 is 0 Å². The zero-order chi connectivity index (χ0) is 12.3. The van der Waals surface area contributed by atoms with Crippen LogP contribution in [0.3, 0.4) is 0 Å². The Balaban J connectivity index is 2.21. The van der Waals surface area contributed by atoms with Crippen LogP contribution in [0.25, 0.3) is 0 Å². The summed E-state index contributed by atoms with van der Waals surface area (Å²) in [6.45, 7) is 4.81. The van der Waals surface area contributed by atoms with Crippen molar-refractivity contribution in [3.8, 4) is 0 Å². The van der Waals surface area contributed by atoms with Gasteiger partial charge >= 0.3 is 0 Å². The summed E-state index contributed by atoms with van der Waals surface area (Å²) in [5.41, 5.74) is 1.08. The zero-order valence-electron chi connectivity index (χ0n) is 10.4. The molecule has 94 valence electrons. The maximum Gasteiger partial charge on any atom is 0.159 e. The van der Waals surface area contributed by atoms with E-state index in [1.54, 1.807) is 0 Å². The molecule has 17 heavy (non-hydrogen) atoms. The van der Waals surface area contributed by atoms with Crippen molar-refractivity contribution in [3.63, 3.8) is 0 Å². The lowest BCUT2D eigenvalue weighted by Crippen LogP contribution is -2.10. The van der Waals surface area contributed by atoms with E-state index in [2.05, 4.69) is 16.9 Å². The summed E-state index contributed by atoms with van der Waals surface area (Å²) in [4.78, 5) is 8.92. The van der Waals surface area contributed by atoms with Crippen LogP contribution in [0.5, 0.6) is 0 Å². The van der Waals surface area contributed by atoms with E-state index in [-0.39, 0.29) is 6.10 Å². The monoisotopic (exact) mass is 254 g/mol. The standard InChI is InChI=1S/C13H19ClN2O/c1-3-5-11(17-4-2)13-15-10(9-6-7-9)8-12(14)16-13/h8-9,11H,3-7H2,1-2H3. The summed E-state index contributed by atoms with van der Waals surface area (Å²) < 4.78 is 5.69. The van der Waals surface area contributed by atoms with Crippen molar-refractivity contribution in [2.75, 3.05) is 6.61 Å². The van der Waals surface area contributed by atoms with Gasteiger partial charge in [-0.25, -0.2) is 9.97 Å². The normalized spacial score (nSPS) is 17.1. The van der Waals surface area contributed by atoms with Crippen LogP contribution in [0.4, 0.5) is 0 Å². The van der Waals surface area contributed by atoms with Gasteiger partial charge in [0, 0.05) is 18.2 Å². The van der Waals surface area contributed by atoms with Crippen LogP contribution in [0, 0.1) is 0 Å². The SMILES string of the molecule is CCCC(OCC)c1nc(Cl)cc(C2CC2)n1. The third-order valence-corrected chi connectivity index (χ3v) is 3.13. The van der Waals surface area contributed by atoms with Gasteiger partial charge in [0.1, 0.15) is 11.3 Å². The highest BCUT2D eigenvalue weighted by Gasteiger charge is 2.27. The number of nitrogens with zero attached hydrogens (tertiary/aromatic N) is 2. The Bertz CT molecular complexity index is 374. The van der Waals surface area contributed by atoms with E-state index in [4.69, 9.17) is 16.3 Å². The molecule has 0 saturated heterocycles. The molecule has 1 aromatic heterocycles. The van der Waals surface area contributed by atoms with Crippen LogP contribution in [0.2, 0.25) is 5.15 Å². The Labute approximate surface area is 108 Å². The molecule has 0 aromatic carbocycles. The highest BCUT2D eigenvalue weighted by molar-refractivity contribution is 6.29. The van der Waals surface area contributed by atoms with E-state index in [0.29, 0.717) is 17.7 Å². The minimum atomic E-state index is -0.0128. The number of rotatable bonds is 6. The molecule has 1 unspecified atom stereocenters. The second-order valence-electron chi connectivity index (χ2n) is 4.48. The molecule has 0 N–H and O–H groups in total. The molecular weight excluding hydrogens is 236 g/mol. The van der Waals surface area contributed by atoms with Crippen LogP contribution >= 0.6 is 11.6 Å². The summed E-state index contributed by atoms with van der Waals surface area (Å²) in [6, 6.07) is 1.89. The quantitative estimate of drug-likeness (QED) is 0.723. The topological polar surface area (TPSA) is 35.0 Å². The molecule has 1 fully saturated rings. The van der Waals surface area contributed by atoms with Crippen molar-refractivity contribution in [1.82, 2.24) is 9.97 Å². The zero-order valence-corrected chi connectivity index (χ0v) is 11.2. The average molecular weight is 255 g/mol. The number of hydrogen-bond acceptors (Lipinski definition) is 3. The first-order valence-corrected chi connectivity index (χ1v) is 6.78. The first-order valence-electron chi connectivity index (χ1n) is 6.40. The van der Waals surface area contributed by atoms with Gasteiger partial charge < -0.3 is 4.74 Å². The summed E-state index contributed by atoms with van der Waals surface area (Å²) in [5.74, 6) is 1.35. The van der Waals surface area contributed by atoms with Crippen LogP contribution in [-0.4, -0.2) is 16.6 Å². The highest BCUT2D eigenvalue weighted by atomic mass is 35.5.